The highest BCUT2D eigenvalue weighted by Crippen LogP contribution is 2.31. The highest BCUT2D eigenvalue weighted by molar-refractivity contribution is 5.53. The Morgan fingerprint density at radius 2 is 2.26 bits per heavy atom. The van der Waals surface area contributed by atoms with E-state index in [9.17, 15) is 0 Å². The fourth-order valence-corrected chi connectivity index (χ4v) is 3.26. The summed E-state index contributed by atoms with van der Waals surface area (Å²) in [5, 5.41) is 4.34. The lowest BCUT2D eigenvalue weighted by Crippen LogP contribution is -2.38. The van der Waals surface area contributed by atoms with E-state index in [1.54, 1.807) is 6.33 Å². The van der Waals surface area contributed by atoms with Gasteiger partial charge >= 0.3 is 0 Å². The average Bonchev–Trinajstić information content (AvgIpc) is 3.04. The molecule has 2 atom stereocenters. The number of anilines is 1. The summed E-state index contributed by atoms with van der Waals surface area (Å²) >= 11 is 0. The second-order valence-corrected chi connectivity index (χ2v) is 5.53. The number of fused-ring (bicyclic) bond motifs is 1. The third-order valence-electron chi connectivity index (χ3n) is 4.29. The molecule has 1 saturated carbocycles. The summed E-state index contributed by atoms with van der Waals surface area (Å²) in [6.45, 7) is 2.86. The first kappa shape index (κ1) is 12.4. The van der Waals surface area contributed by atoms with Gasteiger partial charge in [0.15, 0.2) is 5.65 Å². The lowest BCUT2D eigenvalue weighted by Gasteiger charge is -2.31. The van der Waals surface area contributed by atoms with Gasteiger partial charge in [-0.15, -0.1) is 0 Å². The predicted molar refractivity (Wildman–Crippen MR) is 76.3 cm³/mol. The first-order valence-electron chi connectivity index (χ1n) is 6.94. The van der Waals surface area contributed by atoms with Crippen molar-refractivity contribution in [2.45, 2.75) is 32.2 Å². The minimum absolute atomic E-state index is 0.513. The normalized spacial score (nSPS) is 23.1. The number of pyridine rings is 1. The summed E-state index contributed by atoms with van der Waals surface area (Å²) in [4.78, 5) is 6.62. The lowest BCUT2D eigenvalue weighted by molar-refractivity contribution is 0.470. The van der Waals surface area contributed by atoms with Gasteiger partial charge in [0.1, 0.15) is 12.1 Å². The molecule has 2 heterocycles. The maximum absolute atomic E-state index is 5.90. The van der Waals surface area contributed by atoms with Crippen molar-refractivity contribution in [1.29, 1.82) is 0 Å². The highest BCUT2D eigenvalue weighted by Gasteiger charge is 2.30. The van der Waals surface area contributed by atoms with Crippen LogP contribution in [0.4, 0.5) is 5.82 Å². The van der Waals surface area contributed by atoms with Gasteiger partial charge in [-0.1, -0.05) is 6.42 Å². The summed E-state index contributed by atoms with van der Waals surface area (Å²) in [6, 6.07) is 4.74. The summed E-state index contributed by atoms with van der Waals surface area (Å²) in [6.07, 6.45) is 5.32. The van der Waals surface area contributed by atoms with Crippen LogP contribution in [-0.4, -0.2) is 34.2 Å². The number of nitrogens with zero attached hydrogens (tertiary/aromatic N) is 4. The van der Waals surface area contributed by atoms with Gasteiger partial charge in [0, 0.05) is 13.1 Å². The number of nitrogens with two attached hydrogens (primary N) is 1. The van der Waals surface area contributed by atoms with Gasteiger partial charge in [0.2, 0.25) is 0 Å². The molecule has 2 N–H and O–H groups in total. The van der Waals surface area contributed by atoms with Crippen molar-refractivity contribution in [1.82, 2.24) is 14.6 Å². The Balaban J connectivity index is 2.01. The van der Waals surface area contributed by atoms with Crippen LogP contribution >= 0.6 is 0 Å². The van der Waals surface area contributed by atoms with E-state index in [2.05, 4.69) is 41.1 Å². The van der Waals surface area contributed by atoms with Crippen molar-refractivity contribution in [3.8, 4) is 0 Å². The minimum Gasteiger partial charge on any atom is -0.356 e. The van der Waals surface area contributed by atoms with Crippen LogP contribution in [0, 0.1) is 12.8 Å². The topological polar surface area (TPSA) is 59.5 Å². The molecule has 1 aliphatic carbocycles. The highest BCUT2D eigenvalue weighted by atomic mass is 15.4. The Labute approximate surface area is 113 Å². The Hall–Kier alpha value is -1.62. The van der Waals surface area contributed by atoms with E-state index in [0.29, 0.717) is 12.0 Å². The minimum atomic E-state index is 0.513. The molecule has 3 rings (SSSR count). The second kappa shape index (κ2) is 4.81. The van der Waals surface area contributed by atoms with Gasteiger partial charge in [-0.2, -0.15) is 9.61 Å². The van der Waals surface area contributed by atoms with E-state index in [1.165, 1.54) is 24.8 Å². The molecule has 5 nitrogen and oxygen atoms in total. The molecule has 1 aliphatic rings. The summed E-state index contributed by atoms with van der Waals surface area (Å²) in [5.41, 5.74) is 8.02. The Kier molecular flexibility index (Phi) is 3.14. The average molecular weight is 259 g/mol. The number of aromatic nitrogens is 3. The van der Waals surface area contributed by atoms with Gasteiger partial charge < -0.3 is 10.6 Å². The molecule has 0 spiro atoms. The molecular weight excluding hydrogens is 238 g/mol. The molecule has 5 heteroatoms. The summed E-state index contributed by atoms with van der Waals surface area (Å²) in [7, 11) is 2.15. The third-order valence-corrected chi connectivity index (χ3v) is 4.29. The van der Waals surface area contributed by atoms with Gasteiger partial charge in [-0.05, 0) is 49.9 Å². The van der Waals surface area contributed by atoms with Crippen LogP contribution in [0.5, 0.6) is 0 Å². The third kappa shape index (κ3) is 2.08. The zero-order valence-electron chi connectivity index (χ0n) is 11.6. The molecule has 0 saturated heterocycles. The fraction of sp³-hybridized carbons (Fsp3) is 0.571. The molecule has 0 aliphatic heterocycles. The smallest absolute Gasteiger partial charge is 0.157 e. The van der Waals surface area contributed by atoms with Crippen molar-refractivity contribution in [2.75, 3.05) is 18.5 Å². The Morgan fingerprint density at radius 3 is 3.05 bits per heavy atom. The number of rotatable bonds is 3. The van der Waals surface area contributed by atoms with Crippen LogP contribution in [-0.2, 0) is 0 Å². The SMILES string of the molecule is Cc1cc(N(C)C2CCCC2CN)n2ncnc2c1. The quantitative estimate of drug-likeness (QED) is 0.909. The van der Waals surface area contributed by atoms with E-state index in [1.807, 2.05) is 4.52 Å². The van der Waals surface area contributed by atoms with Gasteiger partial charge in [-0.3, -0.25) is 0 Å². The zero-order valence-corrected chi connectivity index (χ0v) is 11.6. The number of hydrogen-bond donors (Lipinski definition) is 1. The molecule has 0 amide bonds. The monoisotopic (exact) mass is 259 g/mol. The van der Waals surface area contributed by atoms with Crippen LogP contribution in [0.2, 0.25) is 0 Å². The second-order valence-electron chi connectivity index (χ2n) is 5.53. The van der Waals surface area contributed by atoms with Crippen molar-refractivity contribution < 1.29 is 0 Å². The molecule has 0 aromatic carbocycles. The largest absolute Gasteiger partial charge is 0.356 e. The molecule has 102 valence electrons. The molecule has 1 fully saturated rings. The van der Waals surface area contributed by atoms with Crippen LogP contribution < -0.4 is 10.6 Å². The predicted octanol–water partition coefficient (Wildman–Crippen LogP) is 1.60. The molecule has 2 aromatic heterocycles. The molecule has 19 heavy (non-hydrogen) atoms. The Bertz CT molecular complexity index is 576. The maximum Gasteiger partial charge on any atom is 0.157 e. The van der Waals surface area contributed by atoms with Gasteiger partial charge in [-0.25, -0.2) is 4.98 Å². The molecule has 2 aromatic rings. The number of aryl methyl sites for hydroxylation is 1. The van der Waals surface area contributed by atoms with Crippen LogP contribution in [0.15, 0.2) is 18.5 Å². The van der Waals surface area contributed by atoms with E-state index in [-0.39, 0.29) is 0 Å². The van der Waals surface area contributed by atoms with Gasteiger partial charge in [0.25, 0.3) is 0 Å². The molecule has 0 radical (unpaired) electrons. The summed E-state index contributed by atoms with van der Waals surface area (Å²) < 4.78 is 1.92. The van der Waals surface area contributed by atoms with Crippen molar-refractivity contribution >= 4 is 11.5 Å². The number of hydrogen-bond acceptors (Lipinski definition) is 4. The van der Waals surface area contributed by atoms with Crippen molar-refractivity contribution in [3.63, 3.8) is 0 Å². The van der Waals surface area contributed by atoms with Crippen LogP contribution in [0.3, 0.4) is 0 Å². The maximum atomic E-state index is 5.90. The summed E-state index contributed by atoms with van der Waals surface area (Å²) in [5.74, 6) is 1.70. The lowest BCUT2D eigenvalue weighted by atomic mass is 10.0. The standard InChI is InChI=1S/C14H21N5/c1-10-6-13-16-9-17-19(13)14(7-10)18(2)12-5-3-4-11(12)8-15/h6-7,9,11-12H,3-5,8,15H2,1-2H3. The molecular formula is C14H21N5. The zero-order chi connectivity index (χ0) is 13.4. The fourth-order valence-electron chi connectivity index (χ4n) is 3.26. The van der Waals surface area contributed by atoms with Crippen molar-refractivity contribution in [2.24, 2.45) is 11.7 Å². The van der Waals surface area contributed by atoms with Crippen LogP contribution in [0.25, 0.3) is 5.65 Å². The van der Waals surface area contributed by atoms with Gasteiger partial charge in [0.05, 0.1) is 0 Å². The molecule has 2 unspecified atom stereocenters. The van der Waals surface area contributed by atoms with E-state index in [4.69, 9.17) is 5.73 Å². The van der Waals surface area contributed by atoms with Crippen LogP contribution in [0.1, 0.15) is 24.8 Å². The first-order valence-corrected chi connectivity index (χ1v) is 6.94. The first-order chi connectivity index (χ1) is 9.20. The van der Waals surface area contributed by atoms with E-state index in [0.717, 1.165) is 18.0 Å². The molecule has 0 bridgehead atoms. The Morgan fingerprint density at radius 1 is 1.42 bits per heavy atom. The van der Waals surface area contributed by atoms with Crippen molar-refractivity contribution in [3.05, 3.63) is 24.0 Å². The van der Waals surface area contributed by atoms with E-state index >= 15 is 0 Å². The van der Waals surface area contributed by atoms with E-state index < -0.39 is 0 Å².